The molecule has 0 N–H and O–H groups in total. The predicted octanol–water partition coefficient (Wildman–Crippen LogP) is 10.9. The standard InChI is InChI=1S/C34H39F3/c1-3-5-7-9-11-14-20-29-22-23-30(26-33(29)34(35,36)37)31-24-21-27(17-13-10-8-6-4-2)25-32(31)28-18-15-12-16-19-28/h12,15-16,18-19,21-26H,3-11,13,17H2,1-2H3. The van der Waals surface area contributed by atoms with Crippen LogP contribution in [-0.4, -0.2) is 0 Å². The summed E-state index contributed by atoms with van der Waals surface area (Å²) in [6.07, 6.45) is 7.42. The van der Waals surface area contributed by atoms with Crippen LogP contribution in [0.5, 0.6) is 0 Å². The molecular weight excluding hydrogens is 465 g/mol. The Labute approximate surface area is 221 Å². The minimum Gasteiger partial charge on any atom is -0.166 e. The molecule has 0 bridgehead atoms. The zero-order chi connectivity index (χ0) is 26.5. The Hall–Kier alpha value is -2.99. The van der Waals surface area contributed by atoms with E-state index < -0.39 is 11.7 Å². The second kappa shape index (κ2) is 14.7. The highest BCUT2D eigenvalue weighted by Crippen LogP contribution is 2.38. The molecule has 0 saturated heterocycles. The summed E-state index contributed by atoms with van der Waals surface area (Å²) in [5, 5.41) is 0. The van der Waals surface area contributed by atoms with E-state index in [0.29, 0.717) is 12.0 Å². The summed E-state index contributed by atoms with van der Waals surface area (Å²) in [5.41, 5.74) is 3.96. The van der Waals surface area contributed by atoms with Crippen molar-refractivity contribution >= 4 is 0 Å². The fourth-order valence-electron chi connectivity index (χ4n) is 4.64. The Bertz CT molecular complexity index is 1160. The summed E-state index contributed by atoms with van der Waals surface area (Å²) < 4.78 is 42.2. The number of aryl methyl sites for hydroxylation is 1. The van der Waals surface area contributed by atoms with E-state index in [1.54, 1.807) is 6.07 Å². The van der Waals surface area contributed by atoms with Gasteiger partial charge in [-0.15, -0.1) is 0 Å². The molecule has 0 nitrogen and oxygen atoms in total. The zero-order valence-corrected chi connectivity index (χ0v) is 22.3. The lowest BCUT2D eigenvalue weighted by atomic mass is 9.90. The second-order valence-corrected chi connectivity index (χ2v) is 9.78. The van der Waals surface area contributed by atoms with Crippen molar-refractivity contribution in [3.8, 4) is 34.1 Å². The molecule has 3 aromatic rings. The molecule has 0 amide bonds. The summed E-state index contributed by atoms with van der Waals surface area (Å²) in [4.78, 5) is 0. The van der Waals surface area contributed by atoms with Gasteiger partial charge < -0.3 is 0 Å². The largest absolute Gasteiger partial charge is 0.417 e. The molecular formula is C34H39F3. The van der Waals surface area contributed by atoms with Gasteiger partial charge in [-0.25, -0.2) is 0 Å². The van der Waals surface area contributed by atoms with Gasteiger partial charge in [0.15, 0.2) is 0 Å². The molecule has 0 saturated carbocycles. The molecule has 0 aliphatic heterocycles. The third kappa shape index (κ3) is 8.81. The van der Waals surface area contributed by atoms with Gasteiger partial charge in [0.2, 0.25) is 0 Å². The number of rotatable bonds is 12. The lowest BCUT2D eigenvalue weighted by molar-refractivity contribution is -0.137. The first-order chi connectivity index (χ1) is 17.9. The average molecular weight is 505 g/mol. The van der Waals surface area contributed by atoms with Crippen molar-refractivity contribution in [1.29, 1.82) is 0 Å². The van der Waals surface area contributed by atoms with Crippen LogP contribution in [0.25, 0.3) is 22.3 Å². The lowest BCUT2D eigenvalue weighted by Crippen LogP contribution is -2.08. The van der Waals surface area contributed by atoms with Gasteiger partial charge in [-0.05, 0) is 59.2 Å². The van der Waals surface area contributed by atoms with Crippen molar-refractivity contribution in [3.05, 3.63) is 83.4 Å². The van der Waals surface area contributed by atoms with Gasteiger partial charge in [0.1, 0.15) is 0 Å². The van der Waals surface area contributed by atoms with E-state index >= 15 is 0 Å². The zero-order valence-electron chi connectivity index (χ0n) is 22.3. The maximum atomic E-state index is 14.1. The smallest absolute Gasteiger partial charge is 0.166 e. The molecule has 0 atom stereocenters. The molecule has 0 aromatic heterocycles. The number of hydrogen-bond donors (Lipinski definition) is 0. The van der Waals surface area contributed by atoms with Crippen LogP contribution in [0.15, 0.2) is 66.7 Å². The fourth-order valence-corrected chi connectivity index (χ4v) is 4.64. The molecule has 0 aliphatic rings. The van der Waals surface area contributed by atoms with Gasteiger partial charge in [0, 0.05) is 12.0 Å². The average Bonchev–Trinajstić information content (AvgIpc) is 2.90. The quantitative estimate of drug-likeness (QED) is 0.170. The molecule has 3 rings (SSSR count). The number of benzene rings is 3. The summed E-state index contributed by atoms with van der Waals surface area (Å²) in [6, 6.07) is 20.7. The van der Waals surface area contributed by atoms with Crippen molar-refractivity contribution in [2.75, 3.05) is 0 Å². The van der Waals surface area contributed by atoms with Crippen molar-refractivity contribution in [2.24, 2.45) is 0 Å². The van der Waals surface area contributed by atoms with Gasteiger partial charge in [0.25, 0.3) is 0 Å². The predicted molar refractivity (Wildman–Crippen MR) is 150 cm³/mol. The monoisotopic (exact) mass is 504 g/mol. The van der Waals surface area contributed by atoms with Gasteiger partial charge in [0.05, 0.1) is 5.56 Å². The van der Waals surface area contributed by atoms with E-state index in [2.05, 4.69) is 37.8 Å². The number of alkyl halides is 3. The maximum absolute atomic E-state index is 14.1. The van der Waals surface area contributed by atoms with Crippen molar-refractivity contribution in [3.63, 3.8) is 0 Å². The molecule has 0 radical (unpaired) electrons. The Morgan fingerprint density at radius 3 is 2.05 bits per heavy atom. The topological polar surface area (TPSA) is 0 Å². The van der Waals surface area contributed by atoms with Crippen molar-refractivity contribution in [2.45, 2.75) is 90.7 Å². The van der Waals surface area contributed by atoms with E-state index in [4.69, 9.17) is 0 Å². The highest BCUT2D eigenvalue weighted by Gasteiger charge is 2.33. The van der Waals surface area contributed by atoms with E-state index in [1.807, 2.05) is 36.4 Å². The number of halogens is 3. The minimum atomic E-state index is -4.46. The van der Waals surface area contributed by atoms with Crippen LogP contribution in [-0.2, 0) is 12.6 Å². The molecule has 0 unspecified atom stereocenters. The first kappa shape index (κ1) is 28.6. The summed E-state index contributed by atoms with van der Waals surface area (Å²) in [6.45, 7) is 4.34. The molecule has 196 valence electrons. The Morgan fingerprint density at radius 2 is 1.35 bits per heavy atom. The van der Waals surface area contributed by atoms with Crippen LogP contribution in [0.1, 0.15) is 94.7 Å². The van der Waals surface area contributed by atoms with Gasteiger partial charge in [-0.1, -0.05) is 125 Å². The van der Waals surface area contributed by atoms with Crippen LogP contribution < -0.4 is 0 Å². The normalized spacial score (nSPS) is 11.3. The minimum absolute atomic E-state index is 0.0525. The highest BCUT2D eigenvalue weighted by molar-refractivity contribution is 5.84. The van der Waals surface area contributed by atoms with Crippen LogP contribution >= 0.6 is 0 Å². The van der Waals surface area contributed by atoms with Gasteiger partial charge in [-0.3, -0.25) is 0 Å². The molecule has 3 heteroatoms. The lowest BCUT2D eigenvalue weighted by Gasteiger charge is -2.16. The first-order valence-corrected chi connectivity index (χ1v) is 13.8. The van der Waals surface area contributed by atoms with Gasteiger partial charge in [-0.2, -0.15) is 13.2 Å². The molecule has 0 aliphatic carbocycles. The maximum Gasteiger partial charge on any atom is 0.417 e. The van der Waals surface area contributed by atoms with Gasteiger partial charge >= 0.3 is 6.18 Å². The fraction of sp³-hybridized carbons (Fsp3) is 0.412. The van der Waals surface area contributed by atoms with Crippen LogP contribution in [0.4, 0.5) is 13.2 Å². The Kier molecular flexibility index (Phi) is 11.3. The van der Waals surface area contributed by atoms with Crippen LogP contribution in [0.2, 0.25) is 0 Å². The molecule has 37 heavy (non-hydrogen) atoms. The summed E-state index contributed by atoms with van der Waals surface area (Å²) >= 11 is 0. The molecule has 3 aromatic carbocycles. The van der Waals surface area contributed by atoms with Crippen molar-refractivity contribution < 1.29 is 13.2 Å². The van der Waals surface area contributed by atoms with E-state index in [9.17, 15) is 13.2 Å². The van der Waals surface area contributed by atoms with Crippen LogP contribution in [0.3, 0.4) is 0 Å². The Balaban J connectivity index is 1.94. The van der Waals surface area contributed by atoms with E-state index in [0.717, 1.165) is 55.2 Å². The third-order valence-electron chi connectivity index (χ3n) is 6.75. The Morgan fingerprint density at radius 1 is 0.649 bits per heavy atom. The first-order valence-electron chi connectivity index (χ1n) is 13.8. The second-order valence-electron chi connectivity index (χ2n) is 9.78. The number of hydrogen-bond acceptors (Lipinski definition) is 0. The summed E-state index contributed by atoms with van der Waals surface area (Å²) in [5.74, 6) is 5.76. The van der Waals surface area contributed by atoms with Crippen LogP contribution in [0, 0.1) is 11.8 Å². The van der Waals surface area contributed by atoms with E-state index in [1.165, 1.54) is 43.4 Å². The molecule has 0 spiro atoms. The highest BCUT2D eigenvalue weighted by atomic mass is 19.4. The third-order valence-corrected chi connectivity index (χ3v) is 6.75. The van der Waals surface area contributed by atoms with Crippen molar-refractivity contribution in [1.82, 2.24) is 0 Å². The SMILES string of the molecule is CCCCCCC#Cc1ccc(-c2ccc(CCCCCCC)cc2-c2ccccc2)cc1C(F)(F)F. The van der Waals surface area contributed by atoms with E-state index in [-0.39, 0.29) is 5.56 Å². The number of unbranched alkanes of at least 4 members (excludes halogenated alkanes) is 8. The molecule has 0 fully saturated rings. The molecule has 0 heterocycles. The summed E-state index contributed by atoms with van der Waals surface area (Å²) in [7, 11) is 0.